The highest BCUT2D eigenvalue weighted by Crippen LogP contribution is 2.15. The molecule has 0 aliphatic carbocycles. The summed E-state index contributed by atoms with van der Waals surface area (Å²) in [7, 11) is 0. The second-order valence-electron chi connectivity index (χ2n) is 1.71. The molecule has 0 saturated carbocycles. The minimum atomic E-state index is -4.30. The molecule has 0 atom stereocenters. The smallest absolute Gasteiger partial charge is 0.310 e. The molecule has 1 N–H and O–H groups in total. The fourth-order valence-electron chi connectivity index (χ4n) is 0.261. The third kappa shape index (κ3) is 3.32. The zero-order valence-electron chi connectivity index (χ0n) is 5.79. The standard InChI is InChI=1S/C5H9F3N2/c1-3-9-10-4(2)5(6,7)8/h9H,3H2,1-2H3/b10-4+. The maximum atomic E-state index is 11.6. The molecule has 0 unspecified atom stereocenters. The van der Waals surface area contributed by atoms with E-state index in [1.54, 1.807) is 6.92 Å². The van der Waals surface area contributed by atoms with Crippen LogP contribution >= 0.6 is 0 Å². The van der Waals surface area contributed by atoms with Crippen molar-refractivity contribution in [1.29, 1.82) is 0 Å². The zero-order valence-corrected chi connectivity index (χ0v) is 5.79. The van der Waals surface area contributed by atoms with Crippen molar-refractivity contribution < 1.29 is 13.2 Å². The number of halogens is 3. The molecule has 0 radical (unpaired) electrons. The second kappa shape index (κ2) is 3.43. The molecule has 0 heterocycles. The molecule has 10 heavy (non-hydrogen) atoms. The minimum Gasteiger partial charge on any atom is -0.310 e. The van der Waals surface area contributed by atoms with Gasteiger partial charge >= 0.3 is 6.18 Å². The van der Waals surface area contributed by atoms with E-state index in [2.05, 4.69) is 10.5 Å². The first kappa shape index (κ1) is 9.26. The lowest BCUT2D eigenvalue weighted by atomic mass is 10.4. The predicted molar refractivity (Wildman–Crippen MR) is 32.8 cm³/mol. The van der Waals surface area contributed by atoms with Crippen molar-refractivity contribution in [2.75, 3.05) is 6.54 Å². The Morgan fingerprint density at radius 2 is 2.00 bits per heavy atom. The average Bonchev–Trinajstić information content (AvgIpc) is 1.80. The number of rotatable bonds is 2. The van der Waals surface area contributed by atoms with Crippen molar-refractivity contribution in [2.45, 2.75) is 20.0 Å². The Hall–Kier alpha value is -0.740. The molecule has 60 valence electrons. The summed E-state index contributed by atoms with van der Waals surface area (Å²) in [6.45, 7) is 2.99. The summed E-state index contributed by atoms with van der Waals surface area (Å²) in [4.78, 5) is 0. The molecular weight excluding hydrogens is 145 g/mol. The lowest BCUT2D eigenvalue weighted by Crippen LogP contribution is -2.22. The Bertz CT molecular complexity index is 127. The van der Waals surface area contributed by atoms with Gasteiger partial charge in [0.25, 0.3) is 0 Å². The molecule has 0 bridgehead atoms. The highest BCUT2D eigenvalue weighted by molar-refractivity contribution is 5.87. The summed E-state index contributed by atoms with van der Waals surface area (Å²) in [6, 6.07) is 0. The molecule has 0 fully saturated rings. The van der Waals surface area contributed by atoms with Gasteiger partial charge in [0.2, 0.25) is 0 Å². The van der Waals surface area contributed by atoms with E-state index in [1.165, 1.54) is 0 Å². The Labute approximate surface area is 57.1 Å². The fourth-order valence-corrected chi connectivity index (χ4v) is 0.261. The summed E-state index contributed by atoms with van der Waals surface area (Å²) >= 11 is 0. The van der Waals surface area contributed by atoms with Crippen LogP contribution in [-0.2, 0) is 0 Å². The SMILES string of the molecule is CCN/N=C(\C)C(F)(F)F. The Balaban J connectivity index is 3.93. The van der Waals surface area contributed by atoms with Crippen LogP contribution in [0.1, 0.15) is 13.8 Å². The fraction of sp³-hybridized carbons (Fsp3) is 0.800. The van der Waals surface area contributed by atoms with Gasteiger partial charge in [-0.15, -0.1) is 0 Å². The van der Waals surface area contributed by atoms with Crippen molar-refractivity contribution in [3.8, 4) is 0 Å². The van der Waals surface area contributed by atoms with Crippen molar-refractivity contribution in [1.82, 2.24) is 5.43 Å². The zero-order chi connectivity index (χ0) is 8.20. The van der Waals surface area contributed by atoms with E-state index in [1.807, 2.05) is 0 Å². The Morgan fingerprint density at radius 1 is 1.50 bits per heavy atom. The molecule has 2 nitrogen and oxygen atoms in total. The van der Waals surface area contributed by atoms with Gasteiger partial charge in [0.05, 0.1) is 0 Å². The molecule has 0 aromatic rings. The molecule has 0 aromatic carbocycles. The van der Waals surface area contributed by atoms with Crippen LogP contribution in [0.5, 0.6) is 0 Å². The van der Waals surface area contributed by atoms with Crippen LogP contribution in [0, 0.1) is 0 Å². The number of alkyl halides is 3. The van der Waals surface area contributed by atoms with Crippen LogP contribution in [0.15, 0.2) is 5.10 Å². The van der Waals surface area contributed by atoms with E-state index in [0.29, 0.717) is 6.54 Å². The van der Waals surface area contributed by atoms with Gasteiger partial charge < -0.3 is 5.43 Å². The summed E-state index contributed by atoms with van der Waals surface area (Å²) in [5, 5.41) is 3.06. The third-order valence-electron chi connectivity index (χ3n) is 0.815. The van der Waals surface area contributed by atoms with Crippen molar-refractivity contribution in [3.05, 3.63) is 0 Å². The quantitative estimate of drug-likeness (QED) is 0.473. The average molecular weight is 154 g/mol. The first-order valence-corrected chi connectivity index (χ1v) is 2.82. The Morgan fingerprint density at radius 3 is 2.30 bits per heavy atom. The van der Waals surface area contributed by atoms with Crippen LogP contribution in [0.2, 0.25) is 0 Å². The maximum absolute atomic E-state index is 11.6. The number of hydrogen-bond acceptors (Lipinski definition) is 2. The van der Waals surface area contributed by atoms with Gasteiger partial charge in [-0.2, -0.15) is 18.3 Å². The molecule has 0 aliphatic heterocycles. The summed E-state index contributed by atoms with van der Waals surface area (Å²) in [5.74, 6) is 0. The van der Waals surface area contributed by atoms with E-state index in [9.17, 15) is 13.2 Å². The van der Waals surface area contributed by atoms with Gasteiger partial charge in [-0.3, -0.25) is 0 Å². The minimum absolute atomic E-state index is 0.396. The van der Waals surface area contributed by atoms with Gasteiger partial charge in [0, 0.05) is 6.54 Å². The topological polar surface area (TPSA) is 24.4 Å². The van der Waals surface area contributed by atoms with Gasteiger partial charge in [-0.1, -0.05) is 0 Å². The van der Waals surface area contributed by atoms with E-state index < -0.39 is 11.9 Å². The van der Waals surface area contributed by atoms with Crippen molar-refractivity contribution >= 4 is 5.71 Å². The molecular formula is C5H9F3N2. The first-order chi connectivity index (χ1) is 4.48. The summed E-state index contributed by atoms with van der Waals surface area (Å²) < 4.78 is 34.8. The van der Waals surface area contributed by atoms with E-state index >= 15 is 0 Å². The lowest BCUT2D eigenvalue weighted by Gasteiger charge is -2.04. The van der Waals surface area contributed by atoms with Gasteiger partial charge in [0.1, 0.15) is 5.71 Å². The second-order valence-corrected chi connectivity index (χ2v) is 1.71. The van der Waals surface area contributed by atoms with E-state index in [4.69, 9.17) is 0 Å². The normalized spacial score (nSPS) is 13.5. The predicted octanol–water partition coefficient (Wildman–Crippen LogP) is 1.53. The molecule has 0 aliphatic rings. The highest BCUT2D eigenvalue weighted by Gasteiger charge is 2.31. The van der Waals surface area contributed by atoms with Gasteiger partial charge in [0.15, 0.2) is 0 Å². The molecule has 0 saturated heterocycles. The van der Waals surface area contributed by atoms with Crippen LogP contribution in [0.3, 0.4) is 0 Å². The lowest BCUT2D eigenvalue weighted by molar-refractivity contribution is -0.0596. The number of nitrogens with zero attached hydrogens (tertiary/aromatic N) is 1. The van der Waals surface area contributed by atoms with Crippen LogP contribution in [0.25, 0.3) is 0 Å². The summed E-state index contributed by atoms with van der Waals surface area (Å²) in [5.41, 5.74) is 1.37. The van der Waals surface area contributed by atoms with Crippen molar-refractivity contribution in [3.63, 3.8) is 0 Å². The van der Waals surface area contributed by atoms with Gasteiger partial charge in [-0.25, -0.2) is 0 Å². The molecule has 0 amide bonds. The highest BCUT2D eigenvalue weighted by atomic mass is 19.4. The third-order valence-corrected chi connectivity index (χ3v) is 0.815. The van der Waals surface area contributed by atoms with Crippen molar-refractivity contribution in [2.24, 2.45) is 5.10 Å². The molecule has 0 aromatic heterocycles. The largest absolute Gasteiger partial charge is 0.430 e. The number of hydrogen-bond donors (Lipinski definition) is 1. The monoisotopic (exact) mass is 154 g/mol. The molecule has 0 rings (SSSR count). The van der Waals surface area contributed by atoms with Crippen LogP contribution < -0.4 is 5.43 Å². The summed E-state index contributed by atoms with van der Waals surface area (Å²) in [6.07, 6.45) is -4.30. The number of hydrazone groups is 1. The number of nitrogens with one attached hydrogen (secondary N) is 1. The first-order valence-electron chi connectivity index (χ1n) is 2.82. The maximum Gasteiger partial charge on any atom is 0.430 e. The van der Waals surface area contributed by atoms with E-state index in [-0.39, 0.29) is 0 Å². The van der Waals surface area contributed by atoms with Crippen LogP contribution in [-0.4, -0.2) is 18.4 Å². The van der Waals surface area contributed by atoms with Gasteiger partial charge in [-0.05, 0) is 13.8 Å². The molecule has 5 heteroatoms. The Kier molecular flexibility index (Phi) is 3.18. The van der Waals surface area contributed by atoms with Crippen LogP contribution in [0.4, 0.5) is 13.2 Å². The molecule has 0 spiro atoms. The van der Waals surface area contributed by atoms with E-state index in [0.717, 1.165) is 6.92 Å².